The Morgan fingerprint density at radius 1 is 1.04 bits per heavy atom. The Bertz CT molecular complexity index is 801. The summed E-state index contributed by atoms with van der Waals surface area (Å²) in [6, 6.07) is 16.0. The molecule has 0 saturated heterocycles. The summed E-state index contributed by atoms with van der Waals surface area (Å²) in [5.74, 6) is 1.31. The molecule has 0 aliphatic carbocycles. The van der Waals surface area contributed by atoms with Gasteiger partial charge in [-0.2, -0.15) is 0 Å². The first-order valence-electron chi connectivity index (χ1n) is 9.38. The smallest absolute Gasteiger partial charge is 0.324 e. The molecule has 27 heavy (non-hydrogen) atoms. The van der Waals surface area contributed by atoms with Crippen molar-refractivity contribution in [1.29, 1.82) is 0 Å². The Kier molecular flexibility index (Phi) is 6.47. The highest BCUT2D eigenvalue weighted by molar-refractivity contribution is 5.63. The first-order valence-corrected chi connectivity index (χ1v) is 9.38. The van der Waals surface area contributed by atoms with Crippen LogP contribution in [0, 0.1) is 4.91 Å². The van der Waals surface area contributed by atoms with Crippen LogP contribution in [0.5, 0.6) is 11.5 Å². The summed E-state index contributed by atoms with van der Waals surface area (Å²) in [5, 5.41) is 0. The zero-order chi connectivity index (χ0) is 19.1. The molecule has 2 aromatic carbocycles. The molecule has 0 N–H and O–H groups in total. The molecule has 2 aromatic rings. The highest BCUT2D eigenvalue weighted by Crippen LogP contribution is 2.33. The van der Waals surface area contributed by atoms with Gasteiger partial charge in [-0.05, 0) is 56.4 Å². The molecule has 1 aliphatic heterocycles. The normalized spacial score (nSPS) is 16.0. The van der Waals surface area contributed by atoms with E-state index in [2.05, 4.69) is 24.3 Å². The summed E-state index contributed by atoms with van der Waals surface area (Å²) in [7, 11) is 1.61. The summed E-state index contributed by atoms with van der Waals surface area (Å²) < 4.78 is 11.3. The predicted octanol–water partition coefficient (Wildman–Crippen LogP) is 4.94. The molecule has 0 radical (unpaired) electrons. The summed E-state index contributed by atoms with van der Waals surface area (Å²) in [6.07, 6.45) is 5.86. The van der Waals surface area contributed by atoms with Crippen molar-refractivity contribution >= 4 is 5.70 Å². The van der Waals surface area contributed by atoms with Crippen LogP contribution in [0.1, 0.15) is 37.3 Å². The van der Waals surface area contributed by atoms with Crippen LogP contribution in [0.3, 0.4) is 0 Å². The van der Waals surface area contributed by atoms with Crippen LogP contribution in [0.15, 0.2) is 54.6 Å². The maximum atomic E-state index is 11.9. The van der Waals surface area contributed by atoms with Gasteiger partial charge in [0, 0.05) is 6.08 Å². The first-order chi connectivity index (χ1) is 13.2. The number of methoxy groups -OCH3 is 1. The van der Waals surface area contributed by atoms with E-state index in [0.717, 1.165) is 31.2 Å². The Morgan fingerprint density at radius 3 is 2.56 bits per heavy atom. The molecule has 142 valence electrons. The molecule has 0 aromatic heterocycles. The minimum atomic E-state index is -0.228. The molecule has 1 atom stereocenters. The van der Waals surface area contributed by atoms with Gasteiger partial charge in [-0.25, -0.2) is 4.84 Å². The number of hydrogen-bond donors (Lipinski definition) is 0. The van der Waals surface area contributed by atoms with Crippen LogP contribution in [0.2, 0.25) is 0 Å². The van der Waals surface area contributed by atoms with Crippen molar-refractivity contribution in [1.82, 2.24) is 0 Å². The van der Waals surface area contributed by atoms with Gasteiger partial charge >= 0.3 is 5.70 Å². The standard InChI is InChI=1S/C22H26NO4/c1-17-15-20(23(24)27-17)19-12-13-21(25-2)22(16-19)26-14-8-4-7-11-18-9-5-3-6-10-18/h3,5-6,9-10,12-13,15-17H,4,7-8,11,14H2,1-2H3/q+1. The lowest BCUT2D eigenvalue weighted by Crippen LogP contribution is -2.05. The highest BCUT2D eigenvalue weighted by atomic mass is 16.8. The maximum absolute atomic E-state index is 11.9. The zero-order valence-electron chi connectivity index (χ0n) is 15.9. The lowest BCUT2D eigenvalue weighted by atomic mass is 10.1. The van der Waals surface area contributed by atoms with Gasteiger partial charge in [0.15, 0.2) is 17.6 Å². The molecule has 5 heteroatoms. The Morgan fingerprint density at radius 2 is 1.85 bits per heavy atom. The monoisotopic (exact) mass is 368 g/mol. The first kappa shape index (κ1) is 19.0. The van der Waals surface area contributed by atoms with Crippen LogP contribution in [0.4, 0.5) is 0 Å². The van der Waals surface area contributed by atoms with Crippen molar-refractivity contribution in [2.75, 3.05) is 13.7 Å². The molecule has 0 spiro atoms. The predicted molar refractivity (Wildman–Crippen MR) is 105 cm³/mol. The highest BCUT2D eigenvalue weighted by Gasteiger charge is 2.34. The quantitative estimate of drug-likeness (QED) is 0.588. The summed E-state index contributed by atoms with van der Waals surface area (Å²) in [5.41, 5.74) is 2.63. The SMILES string of the molecule is COc1ccc(C2=CC(C)O[N+]2=O)cc1OCCCCCc1ccccc1. The Balaban J connectivity index is 1.52. The molecule has 3 rings (SSSR count). The second kappa shape index (κ2) is 9.21. The van der Waals surface area contributed by atoms with Crippen molar-refractivity contribution < 1.29 is 19.2 Å². The average Bonchev–Trinajstić information content (AvgIpc) is 3.03. The molecular weight excluding hydrogens is 342 g/mol. The third-order valence-electron chi connectivity index (χ3n) is 4.52. The van der Waals surface area contributed by atoms with E-state index in [4.69, 9.17) is 14.3 Å². The van der Waals surface area contributed by atoms with Gasteiger partial charge in [-0.15, -0.1) is 0 Å². The third-order valence-corrected chi connectivity index (χ3v) is 4.52. The molecule has 0 amide bonds. The van der Waals surface area contributed by atoms with E-state index in [0.29, 0.717) is 28.7 Å². The number of aryl methyl sites for hydroxylation is 1. The fraction of sp³-hybridized carbons (Fsp3) is 0.364. The molecule has 0 fully saturated rings. The van der Waals surface area contributed by atoms with E-state index < -0.39 is 0 Å². The lowest BCUT2D eigenvalue weighted by Gasteiger charge is -2.11. The van der Waals surface area contributed by atoms with E-state index in [1.165, 1.54) is 5.56 Å². The molecule has 0 saturated carbocycles. The van der Waals surface area contributed by atoms with E-state index >= 15 is 0 Å². The van der Waals surface area contributed by atoms with E-state index in [1.807, 2.05) is 31.2 Å². The van der Waals surface area contributed by atoms with Crippen molar-refractivity contribution in [2.24, 2.45) is 0 Å². The van der Waals surface area contributed by atoms with Gasteiger partial charge in [-0.3, -0.25) is 0 Å². The summed E-state index contributed by atoms with van der Waals surface area (Å²) in [4.78, 5) is 17.5. The zero-order valence-corrected chi connectivity index (χ0v) is 15.9. The minimum absolute atomic E-state index is 0.228. The number of benzene rings is 2. The molecule has 1 unspecified atom stereocenters. The summed E-state index contributed by atoms with van der Waals surface area (Å²) in [6.45, 7) is 2.44. The maximum Gasteiger partial charge on any atom is 0.324 e. The Labute approximate surface area is 160 Å². The largest absolute Gasteiger partial charge is 0.493 e. The van der Waals surface area contributed by atoms with E-state index in [1.54, 1.807) is 13.2 Å². The Hall–Kier alpha value is -2.82. The topological polar surface area (TPSA) is 47.8 Å². The van der Waals surface area contributed by atoms with Gasteiger partial charge < -0.3 is 9.47 Å². The minimum Gasteiger partial charge on any atom is -0.493 e. The molecule has 1 aliphatic rings. The van der Waals surface area contributed by atoms with Crippen LogP contribution in [0.25, 0.3) is 5.70 Å². The number of ether oxygens (including phenoxy) is 2. The fourth-order valence-corrected chi connectivity index (χ4v) is 3.11. The number of rotatable bonds is 9. The van der Waals surface area contributed by atoms with E-state index in [-0.39, 0.29) is 6.10 Å². The van der Waals surface area contributed by atoms with Crippen molar-refractivity contribution in [3.63, 3.8) is 0 Å². The summed E-state index contributed by atoms with van der Waals surface area (Å²) >= 11 is 0. The molecule has 5 nitrogen and oxygen atoms in total. The number of nitrogens with zero attached hydrogens (tertiary/aromatic N) is 1. The van der Waals surface area contributed by atoms with Gasteiger partial charge in [0.1, 0.15) is 0 Å². The van der Waals surface area contributed by atoms with Crippen LogP contribution in [-0.2, 0) is 11.3 Å². The van der Waals surface area contributed by atoms with Crippen molar-refractivity contribution in [3.8, 4) is 11.5 Å². The number of unbranched alkanes of at least 4 members (excludes halogenated alkanes) is 2. The second-order valence-corrected chi connectivity index (χ2v) is 6.63. The van der Waals surface area contributed by atoms with Gasteiger partial charge in [0.2, 0.25) is 0 Å². The van der Waals surface area contributed by atoms with Crippen LogP contribution < -0.4 is 9.47 Å². The van der Waals surface area contributed by atoms with Crippen LogP contribution in [-0.4, -0.2) is 24.7 Å². The molecule has 1 heterocycles. The second-order valence-electron chi connectivity index (χ2n) is 6.63. The molecular formula is C22H26NO4+. The van der Waals surface area contributed by atoms with Gasteiger partial charge in [0.05, 0.1) is 24.2 Å². The number of hydrogen-bond acceptors (Lipinski definition) is 4. The third kappa shape index (κ3) is 5.09. The van der Waals surface area contributed by atoms with Gasteiger partial charge in [0.25, 0.3) is 4.92 Å². The van der Waals surface area contributed by atoms with Gasteiger partial charge in [-0.1, -0.05) is 30.3 Å². The lowest BCUT2D eigenvalue weighted by molar-refractivity contribution is -0.736. The van der Waals surface area contributed by atoms with Crippen molar-refractivity contribution in [2.45, 2.75) is 38.7 Å². The van der Waals surface area contributed by atoms with Crippen molar-refractivity contribution in [3.05, 3.63) is 70.6 Å². The van der Waals surface area contributed by atoms with Crippen LogP contribution >= 0.6 is 0 Å². The van der Waals surface area contributed by atoms with E-state index in [9.17, 15) is 4.91 Å². The fourth-order valence-electron chi connectivity index (χ4n) is 3.11. The molecule has 0 bridgehead atoms. The average molecular weight is 368 g/mol.